The van der Waals surface area contributed by atoms with Gasteiger partial charge in [-0.1, -0.05) is 16.8 Å². The van der Waals surface area contributed by atoms with Crippen molar-refractivity contribution in [2.75, 3.05) is 16.2 Å². The van der Waals surface area contributed by atoms with E-state index in [2.05, 4.69) is 15.6 Å². The summed E-state index contributed by atoms with van der Waals surface area (Å²) in [6, 6.07) is 28.4. The molecule has 8 rings (SSSR count). The van der Waals surface area contributed by atoms with Crippen molar-refractivity contribution in [3.63, 3.8) is 0 Å². The minimum atomic E-state index is -3.98. The number of aromatic carboxylic acids is 2. The molecule has 0 unspecified atom stereocenters. The predicted octanol–water partition coefficient (Wildman–Crippen LogP) is 5.37. The molecule has 16 nitrogen and oxygen atoms in total. The van der Waals surface area contributed by atoms with Crippen LogP contribution in [0, 0.1) is 22.7 Å². The predicted molar refractivity (Wildman–Crippen MR) is 218 cm³/mol. The standard InChI is InChI=1S/C24H15ClN4O6S.C17H11AsN3O3/c25-15-2-5-20-14(10-15)7-8-29(20)36(33,34)16-3-6-21-18(11-16)22(28-35-21)23(30)27-19-4-1-13(12-26)9-17(19)24(31)32;1-21-14-5-3-2-4-11(14)15(20-21)16(22)18-13-7-6-10(9-19)8-12(13)17(23)24/h1-6,9-11H,7-8H2,(H,27,30)(H,31,32);2-8H,1H3,(H,23,24). The van der Waals surface area contributed by atoms with E-state index in [0.717, 1.165) is 22.5 Å². The monoisotopic (exact) mass is 902 g/mol. The van der Waals surface area contributed by atoms with Gasteiger partial charge < -0.3 is 14.9 Å². The first-order valence-corrected chi connectivity index (χ1v) is 21.1. The Morgan fingerprint density at radius 2 is 1.55 bits per heavy atom. The number of nitrogens with zero attached hydrogens (tertiary/aromatic N) is 6. The van der Waals surface area contributed by atoms with Gasteiger partial charge in [-0.15, -0.1) is 0 Å². The maximum absolute atomic E-state index is 13.4. The molecular weight excluding hydrogens is 877 g/mol. The minimum absolute atomic E-state index is 0.00244. The number of hydrogen-bond donors (Lipinski definition) is 3. The number of aromatic nitrogens is 3. The number of nitriles is 2. The van der Waals surface area contributed by atoms with Crippen LogP contribution in [0.4, 0.5) is 11.4 Å². The second-order valence-corrected chi connectivity index (χ2v) is 17.6. The molecule has 2 aromatic heterocycles. The number of carbonyl (C=O) groups is 4. The average molecular weight is 903 g/mol. The summed E-state index contributed by atoms with van der Waals surface area (Å²) >= 11 is 4.95. The number of anilines is 2. The normalized spacial score (nSPS) is 12.1. The number of sulfonamides is 1. The van der Waals surface area contributed by atoms with E-state index >= 15 is 0 Å². The third kappa shape index (κ3) is 7.93. The van der Waals surface area contributed by atoms with Gasteiger partial charge in [0, 0.05) is 11.6 Å². The number of benzene rings is 5. The van der Waals surface area contributed by atoms with Crippen molar-refractivity contribution in [2.45, 2.75) is 11.3 Å². The van der Waals surface area contributed by atoms with E-state index in [1.807, 2.05) is 36.4 Å². The molecule has 60 heavy (non-hydrogen) atoms. The van der Waals surface area contributed by atoms with E-state index < -0.39 is 43.6 Å². The molecule has 0 bridgehead atoms. The number of aryl methyl sites for hydroxylation is 1. The summed E-state index contributed by atoms with van der Waals surface area (Å²) in [6.45, 7) is 0.240. The zero-order valence-electron chi connectivity index (χ0n) is 30.8. The molecule has 7 aromatic rings. The fraction of sp³-hybridized carbons (Fsp3) is 0.0732. The van der Waals surface area contributed by atoms with Crippen LogP contribution in [-0.4, -0.2) is 78.3 Å². The first-order valence-electron chi connectivity index (χ1n) is 17.4. The number of halogens is 1. The minimum Gasteiger partial charge on any atom is -0.478 e. The van der Waals surface area contributed by atoms with Crippen molar-refractivity contribution < 1.29 is 42.3 Å². The van der Waals surface area contributed by atoms with Gasteiger partial charge in [0.25, 0.3) is 15.9 Å². The zero-order chi connectivity index (χ0) is 42.9. The summed E-state index contributed by atoms with van der Waals surface area (Å²) in [6.07, 6.45) is 0.509. The molecule has 5 aromatic carbocycles. The van der Waals surface area contributed by atoms with E-state index in [4.69, 9.17) is 26.6 Å². The van der Waals surface area contributed by atoms with Crippen LogP contribution >= 0.6 is 11.6 Å². The fourth-order valence-corrected chi connectivity index (χ4v) is 10.1. The van der Waals surface area contributed by atoms with Crippen LogP contribution in [0.15, 0.2) is 106 Å². The van der Waals surface area contributed by atoms with Gasteiger partial charge in [-0.2, -0.15) is 5.26 Å². The average Bonchev–Trinajstić information content (AvgIpc) is 3.96. The number of amides is 1. The number of carboxylic acid groups (broad SMARTS) is 2. The van der Waals surface area contributed by atoms with E-state index in [0.29, 0.717) is 27.2 Å². The summed E-state index contributed by atoms with van der Waals surface area (Å²) in [7, 11) is -2.22. The van der Waals surface area contributed by atoms with Crippen molar-refractivity contribution >= 4 is 97.4 Å². The largest absolute Gasteiger partial charge is 0.478 e. The van der Waals surface area contributed by atoms with E-state index in [1.165, 1.54) is 46.8 Å². The molecule has 1 aliphatic rings. The second kappa shape index (κ2) is 16.5. The molecule has 19 heteroatoms. The van der Waals surface area contributed by atoms with Crippen molar-refractivity contribution in [3.05, 3.63) is 141 Å². The van der Waals surface area contributed by atoms with Gasteiger partial charge in [0.05, 0.1) is 38.9 Å². The Hall–Kier alpha value is -7.30. The van der Waals surface area contributed by atoms with E-state index in [9.17, 15) is 37.8 Å². The molecule has 1 aliphatic heterocycles. The molecule has 1 radical (unpaired) electrons. The SMILES string of the molecule is Cn1nc(C(=O)[As]c2ccc(C#N)cc2C(=O)O)c2ccccc21.N#Cc1ccc(NC(=O)c2noc3ccc(S(=O)(=O)N4CCc5cc(Cl)ccc54)cc23)c(C(=O)O)c1. The van der Waals surface area contributed by atoms with Gasteiger partial charge in [-0.25, -0.2) is 13.2 Å². The fourth-order valence-electron chi connectivity index (χ4n) is 6.45. The first kappa shape index (κ1) is 40.9. The summed E-state index contributed by atoms with van der Waals surface area (Å²) in [4.78, 5) is 48.6. The Kier molecular flexibility index (Phi) is 11.3. The Morgan fingerprint density at radius 1 is 0.850 bits per heavy atom. The van der Waals surface area contributed by atoms with Gasteiger partial charge in [-0.3, -0.25) is 9.10 Å². The molecule has 0 spiro atoms. The number of rotatable bonds is 9. The number of carbonyl (C=O) groups excluding carboxylic acids is 2. The van der Waals surface area contributed by atoms with Crippen LogP contribution in [-0.2, 0) is 23.5 Å². The molecule has 297 valence electrons. The Balaban J connectivity index is 0.000000197. The number of hydrogen-bond acceptors (Lipinski definition) is 11. The van der Waals surface area contributed by atoms with Gasteiger partial charge in [-0.05, 0) is 66.6 Å². The van der Waals surface area contributed by atoms with Crippen molar-refractivity contribution in [1.29, 1.82) is 10.5 Å². The molecule has 0 saturated heterocycles. The zero-order valence-corrected chi connectivity index (χ0v) is 34.3. The second-order valence-electron chi connectivity index (χ2n) is 13.0. The topological polar surface area (TPSA) is 250 Å². The third-order valence-corrected chi connectivity index (χ3v) is 13.5. The smallest absolute Gasteiger partial charge is 0.337 e. The summed E-state index contributed by atoms with van der Waals surface area (Å²) in [5, 5.41) is 48.6. The third-order valence-electron chi connectivity index (χ3n) is 9.30. The van der Waals surface area contributed by atoms with Crippen LogP contribution in [0.3, 0.4) is 0 Å². The summed E-state index contributed by atoms with van der Waals surface area (Å²) < 4.78 is 35.3. The van der Waals surface area contributed by atoms with Crippen LogP contribution in [0.1, 0.15) is 58.4 Å². The molecule has 3 N–H and O–H groups in total. The van der Waals surface area contributed by atoms with Gasteiger partial charge >= 0.3 is 150 Å². The van der Waals surface area contributed by atoms with Gasteiger partial charge in [0.2, 0.25) is 0 Å². The molecule has 0 aliphatic carbocycles. The molecule has 0 fully saturated rings. The van der Waals surface area contributed by atoms with Crippen LogP contribution in [0.25, 0.3) is 21.9 Å². The molecule has 1 amide bonds. The number of carboxylic acids is 2. The first-order chi connectivity index (χ1) is 28.7. The van der Waals surface area contributed by atoms with Crippen LogP contribution in [0.5, 0.6) is 0 Å². The van der Waals surface area contributed by atoms with Gasteiger partial charge in [0.15, 0.2) is 11.3 Å². The number of nitrogens with one attached hydrogen (secondary N) is 1. The van der Waals surface area contributed by atoms with E-state index in [-0.39, 0.29) is 60.6 Å². The molecular formula is C41H26AsClN7O9S. The molecule has 0 atom stereocenters. The van der Waals surface area contributed by atoms with Crippen molar-refractivity contribution in [3.8, 4) is 12.1 Å². The van der Waals surface area contributed by atoms with Crippen LogP contribution in [0.2, 0.25) is 5.02 Å². The number of para-hydroxylation sites is 1. The quantitative estimate of drug-likeness (QED) is 0.154. The summed E-state index contributed by atoms with van der Waals surface area (Å²) in [5.41, 5.74) is 2.52. The Bertz CT molecular complexity index is 3150. The molecule has 3 heterocycles. The summed E-state index contributed by atoms with van der Waals surface area (Å²) in [5.74, 6) is -3.29. The van der Waals surface area contributed by atoms with Crippen molar-refractivity contribution in [1.82, 2.24) is 14.9 Å². The van der Waals surface area contributed by atoms with Crippen LogP contribution < -0.4 is 14.0 Å². The Morgan fingerprint density at radius 3 is 2.27 bits per heavy atom. The van der Waals surface area contributed by atoms with Gasteiger partial charge in [0.1, 0.15) is 0 Å². The molecule has 0 saturated carbocycles. The van der Waals surface area contributed by atoms with Crippen molar-refractivity contribution in [2.24, 2.45) is 7.05 Å². The maximum atomic E-state index is 13.4. The Labute approximate surface area is 351 Å². The maximum Gasteiger partial charge on any atom is 0.337 e. The number of fused-ring (bicyclic) bond motifs is 3. The van der Waals surface area contributed by atoms with E-state index in [1.54, 1.807) is 36.0 Å².